The number of hydrogen-bond acceptors (Lipinski definition) is 1. The van der Waals surface area contributed by atoms with Crippen molar-refractivity contribution in [2.24, 2.45) is 0 Å². The van der Waals surface area contributed by atoms with E-state index in [9.17, 15) is 0 Å². The Bertz CT molecular complexity index is 2130. The molecular weight excluding hydrogens is 544 g/mol. The van der Waals surface area contributed by atoms with Crippen LogP contribution < -0.4 is 4.90 Å². The average Bonchev–Trinajstić information content (AvgIpc) is 3.23. The van der Waals surface area contributed by atoms with Crippen molar-refractivity contribution in [2.45, 2.75) is 6.42 Å². The van der Waals surface area contributed by atoms with Crippen molar-refractivity contribution in [3.8, 4) is 27.9 Å². The number of allylic oxidation sites excluding steroid dienone is 3. The van der Waals surface area contributed by atoms with E-state index in [2.05, 4.69) is 191 Å². The molecule has 1 aliphatic rings. The van der Waals surface area contributed by atoms with E-state index in [1.165, 1.54) is 50.1 Å². The van der Waals surface area contributed by atoms with Crippen molar-refractivity contribution >= 4 is 34.0 Å². The lowest BCUT2D eigenvalue weighted by atomic mass is 10.0. The predicted octanol–water partition coefficient (Wildman–Crippen LogP) is 11.6. The highest BCUT2D eigenvalue weighted by Crippen LogP contribution is 2.37. The largest absolute Gasteiger partial charge is 0.311 e. The molecule has 0 aliphatic heterocycles. The van der Waals surface area contributed by atoms with Crippen LogP contribution >= 0.6 is 0 Å². The minimum Gasteiger partial charge on any atom is -0.311 e. The van der Waals surface area contributed by atoms with Crippen molar-refractivity contribution in [2.75, 3.05) is 4.90 Å². The van der Waals surface area contributed by atoms with Gasteiger partial charge in [0.25, 0.3) is 0 Å². The molecule has 1 heterocycles. The summed E-state index contributed by atoms with van der Waals surface area (Å²) < 4.78 is 2.39. The van der Waals surface area contributed by atoms with E-state index in [4.69, 9.17) is 0 Å². The first-order valence-corrected chi connectivity index (χ1v) is 15.5. The zero-order valence-corrected chi connectivity index (χ0v) is 24.9. The molecule has 0 spiro atoms. The fourth-order valence-electron chi connectivity index (χ4n) is 6.47. The summed E-state index contributed by atoms with van der Waals surface area (Å²) in [5.74, 6) is 0. The average molecular weight is 577 g/mol. The molecule has 45 heavy (non-hydrogen) atoms. The van der Waals surface area contributed by atoms with Crippen LogP contribution in [0.15, 0.2) is 176 Å². The van der Waals surface area contributed by atoms with E-state index < -0.39 is 0 Å². The SMILES string of the molecule is C1=CCc2c(n(-c3ccc(-c4ccc(N(c5ccccc5)c5ccc(-c6ccccc6)cc5)cc4)cc3)c3ccccc23)C=C1. The van der Waals surface area contributed by atoms with E-state index in [0.29, 0.717) is 0 Å². The number of nitrogens with zero attached hydrogens (tertiary/aromatic N) is 2. The van der Waals surface area contributed by atoms with E-state index >= 15 is 0 Å². The summed E-state index contributed by atoms with van der Waals surface area (Å²) in [6, 6.07) is 56.5. The predicted molar refractivity (Wildman–Crippen MR) is 191 cm³/mol. The highest BCUT2D eigenvalue weighted by molar-refractivity contribution is 5.91. The van der Waals surface area contributed by atoms with Crippen LogP contribution in [0.1, 0.15) is 11.3 Å². The van der Waals surface area contributed by atoms with Crippen LogP contribution in [0.3, 0.4) is 0 Å². The number of aromatic nitrogens is 1. The molecule has 2 heteroatoms. The van der Waals surface area contributed by atoms with Gasteiger partial charge in [0, 0.05) is 28.1 Å². The Balaban J connectivity index is 1.11. The van der Waals surface area contributed by atoms with Crippen molar-refractivity contribution in [1.29, 1.82) is 0 Å². The Morgan fingerprint density at radius 2 is 0.956 bits per heavy atom. The molecule has 0 N–H and O–H groups in total. The third kappa shape index (κ3) is 5.07. The molecule has 1 aromatic heterocycles. The maximum absolute atomic E-state index is 2.39. The van der Waals surface area contributed by atoms with Crippen LogP contribution in [-0.2, 0) is 6.42 Å². The fourth-order valence-corrected chi connectivity index (χ4v) is 6.47. The monoisotopic (exact) mass is 576 g/mol. The summed E-state index contributed by atoms with van der Waals surface area (Å²) in [5, 5.41) is 1.32. The normalized spacial score (nSPS) is 12.2. The Hall–Kier alpha value is -5.86. The molecule has 0 unspecified atom stereocenters. The molecule has 0 bridgehead atoms. The topological polar surface area (TPSA) is 8.17 Å². The Morgan fingerprint density at radius 1 is 0.444 bits per heavy atom. The van der Waals surface area contributed by atoms with Crippen LogP contribution in [0, 0.1) is 0 Å². The summed E-state index contributed by atoms with van der Waals surface area (Å²) in [4.78, 5) is 2.31. The van der Waals surface area contributed by atoms with Gasteiger partial charge in [-0.15, -0.1) is 0 Å². The van der Waals surface area contributed by atoms with Crippen LogP contribution in [0.5, 0.6) is 0 Å². The van der Waals surface area contributed by atoms with Crippen molar-refractivity contribution in [3.63, 3.8) is 0 Å². The van der Waals surface area contributed by atoms with Gasteiger partial charge in [0.05, 0.1) is 11.2 Å². The van der Waals surface area contributed by atoms with Crippen molar-refractivity contribution in [1.82, 2.24) is 4.57 Å². The van der Waals surface area contributed by atoms with Crippen LogP contribution in [0.2, 0.25) is 0 Å². The smallest absolute Gasteiger partial charge is 0.0537 e. The van der Waals surface area contributed by atoms with Crippen molar-refractivity contribution in [3.05, 3.63) is 187 Å². The van der Waals surface area contributed by atoms with Gasteiger partial charge < -0.3 is 9.47 Å². The second-order valence-electron chi connectivity index (χ2n) is 11.4. The summed E-state index contributed by atoms with van der Waals surface area (Å²) in [6.07, 6.45) is 9.71. The molecule has 2 nitrogen and oxygen atoms in total. The molecule has 0 radical (unpaired) electrons. The first kappa shape index (κ1) is 26.7. The Kier molecular flexibility index (Phi) is 6.94. The number of fused-ring (bicyclic) bond motifs is 3. The van der Waals surface area contributed by atoms with Gasteiger partial charge in [-0.2, -0.15) is 0 Å². The molecule has 7 aromatic rings. The minimum absolute atomic E-state index is 0.942. The molecule has 8 rings (SSSR count). The van der Waals surface area contributed by atoms with Gasteiger partial charge in [-0.3, -0.25) is 0 Å². The Labute approximate surface area is 264 Å². The maximum Gasteiger partial charge on any atom is 0.0537 e. The minimum atomic E-state index is 0.942. The van der Waals surface area contributed by atoms with Gasteiger partial charge >= 0.3 is 0 Å². The van der Waals surface area contributed by atoms with Gasteiger partial charge in [-0.05, 0) is 94.9 Å². The Morgan fingerprint density at radius 3 is 1.60 bits per heavy atom. The molecule has 0 saturated carbocycles. The molecule has 0 fully saturated rings. The molecule has 1 aliphatic carbocycles. The number of benzene rings is 6. The van der Waals surface area contributed by atoms with Gasteiger partial charge in [0.1, 0.15) is 0 Å². The molecule has 0 amide bonds. The molecule has 0 atom stereocenters. The standard InChI is InChI=1S/C43H32N2/c1-4-12-32(13-5-1)33-20-26-37(27-21-33)44(36-14-6-2-7-15-36)38-28-22-34(23-29-38)35-24-30-39(31-25-35)45-42-18-9-3-8-16-40(42)41-17-10-11-19-43(41)45/h1-15,17-31H,16H2. The zero-order chi connectivity index (χ0) is 30.0. The molecule has 0 saturated heterocycles. The lowest BCUT2D eigenvalue weighted by Crippen LogP contribution is -2.09. The number of para-hydroxylation sites is 2. The number of rotatable bonds is 6. The first-order chi connectivity index (χ1) is 22.3. The first-order valence-electron chi connectivity index (χ1n) is 15.5. The number of anilines is 3. The maximum atomic E-state index is 2.39. The van der Waals surface area contributed by atoms with E-state index in [0.717, 1.165) is 23.5 Å². The van der Waals surface area contributed by atoms with Crippen LogP contribution in [0.25, 0.3) is 44.9 Å². The van der Waals surface area contributed by atoms with Crippen molar-refractivity contribution < 1.29 is 0 Å². The van der Waals surface area contributed by atoms with Gasteiger partial charge in [-0.1, -0.05) is 121 Å². The summed E-state index contributed by atoms with van der Waals surface area (Å²) in [6.45, 7) is 0. The lowest BCUT2D eigenvalue weighted by molar-refractivity contribution is 1.09. The quantitative estimate of drug-likeness (QED) is 0.191. The molecule has 6 aromatic carbocycles. The van der Waals surface area contributed by atoms with E-state index in [1.807, 2.05) is 0 Å². The highest BCUT2D eigenvalue weighted by atomic mass is 15.1. The fraction of sp³-hybridized carbons (Fsp3) is 0.0233. The molecule has 214 valence electrons. The summed E-state index contributed by atoms with van der Waals surface area (Å²) in [5.41, 5.74) is 13.3. The summed E-state index contributed by atoms with van der Waals surface area (Å²) >= 11 is 0. The highest BCUT2D eigenvalue weighted by Gasteiger charge is 2.17. The van der Waals surface area contributed by atoms with Crippen LogP contribution in [-0.4, -0.2) is 4.57 Å². The van der Waals surface area contributed by atoms with E-state index in [-0.39, 0.29) is 0 Å². The third-order valence-electron chi connectivity index (χ3n) is 8.67. The van der Waals surface area contributed by atoms with Gasteiger partial charge in [0.15, 0.2) is 0 Å². The second-order valence-corrected chi connectivity index (χ2v) is 11.4. The lowest BCUT2D eigenvalue weighted by Gasteiger charge is -2.26. The third-order valence-corrected chi connectivity index (χ3v) is 8.67. The van der Waals surface area contributed by atoms with Gasteiger partial charge in [-0.25, -0.2) is 0 Å². The van der Waals surface area contributed by atoms with Crippen LogP contribution in [0.4, 0.5) is 17.1 Å². The molecular formula is C43H32N2. The zero-order valence-electron chi connectivity index (χ0n) is 24.9. The summed E-state index contributed by atoms with van der Waals surface area (Å²) in [7, 11) is 0. The van der Waals surface area contributed by atoms with E-state index in [1.54, 1.807) is 0 Å². The second kappa shape index (κ2) is 11.7. The number of hydrogen-bond donors (Lipinski definition) is 0. The van der Waals surface area contributed by atoms with Gasteiger partial charge in [0.2, 0.25) is 0 Å².